The van der Waals surface area contributed by atoms with Crippen molar-refractivity contribution < 1.29 is 23.2 Å². The average Bonchev–Trinajstić information content (AvgIpc) is 2.53. The molecule has 1 radical (unpaired) electrons. The first kappa shape index (κ1) is 16.9. The van der Waals surface area contributed by atoms with Crippen molar-refractivity contribution >= 4 is 7.82 Å². The molecule has 0 N–H and O–H groups in total. The van der Waals surface area contributed by atoms with Crippen LogP contribution in [-0.4, -0.2) is 6.29 Å². The van der Waals surface area contributed by atoms with Crippen LogP contribution in [0.5, 0.6) is 0 Å². The molecule has 0 aliphatic rings. The van der Waals surface area contributed by atoms with Crippen LogP contribution in [0.15, 0.2) is 60.7 Å². The van der Waals surface area contributed by atoms with E-state index in [1.165, 1.54) is 6.92 Å². The predicted octanol–water partition coefficient (Wildman–Crippen LogP) is 4.32. The lowest BCUT2D eigenvalue weighted by atomic mass is 10.2. The van der Waals surface area contributed by atoms with Gasteiger partial charge in [0.15, 0.2) is 6.29 Å². The first-order valence-corrected chi connectivity index (χ1v) is 8.35. The Labute approximate surface area is 130 Å². The maximum Gasteiger partial charge on any atom is 0.477 e. The summed E-state index contributed by atoms with van der Waals surface area (Å²) in [6.07, 6.45) is -1.50. The molecular weight excluding hydrogens is 303 g/mol. The molecule has 6 heteroatoms. The summed E-state index contributed by atoms with van der Waals surface area (Å²) in [5.41, 5.74) is 1.63. The Morgan fingerprint density at radius 2 is 1.27 bits per heavy atom. The number of phosphoric acid groups is 1. The van der Waals surface area contributed by atoms with Crippen molar-refractivity contribution in [3.63, 3.8) is 0 Å². The van der Waals surface area contributed by atoms with Gasteiger partial charge < -0.3 is 0 Å². The molecule has 1 atom stereocenters. The van der Waals surface area contributed by atoms with Crippen molar-refractivity contribution in [3.05, 3.63) is 71.8 Å². The Morgan fingerprint density at radius 1 is 0.864 bits per heavy atom. The summed E-state index contributed by atoms with van der Waals surface area (Å²) in [5, 5.41) is 11.2. The molecule has 0 aliphatic heterocycles. The standard InChI is InChI=1S/C16H18O5P/c1-14(17)21-22(18,19-12-15-8-4-2-5-9-15)20-13-16-10-6-3-7-11-16/h2-11,14H,12-13H2,1H3. The van der Waals surface area contributed by atoms with Gasteiger partial charge in [0, 0.05) is 0 Å². The van der Waals surface area contributed by atoms with E-state index in [0.717, 1.165) is 11.1 Å². The molecule has 2 aromatic carbocycles. The number of hydrogen-bond acceptors (Lipinski definition) is 4. The highest BCUT2D eigenvalue weighted by Gasteiger charge is 2.29. The minimum Gasteiger partial charge on any atom is -0.282 e. The predicted molar refractivity (Wildman–Crippen MR) is 81.3 cm³/mol. The molecule has 2 rings (SSSR count). The maximum absolute atomic E-state index is 12.5. The van der Waals surface area contributed by atoms with Crippen molar-refractivity contribution in [1.82, 2.24) is 0 Å². The Bertz CT molecular complexity index is 553. The van der Waals surface area contributed by atoms with E-state index in [0.29, 0.717) is 0 Å². The molecule has 5 nitrogen and oxygen atoms in total. The normalized spacial score (nSPS) is 13.0. The molecule has 0 fully saturated rings. The summed E-state index contributed by atoms with van der Waals surface area (Å²) in [7, 11) is -3.92. The zero-order chi connectivity index (χ0) is 15.8. The minimum absolute atomic E-state index is 0.0413. The third-order valence-corrected chi connectivity index (χ3v) is 4.19. The van der Waals surface area contributed by atoms with Crippen LogP contribution in [0.25, 0.3) is 0 Å². The monoisotopic (exact) mass is 321 g/mol. The molecule has 0 aliphatic carbocycles. The van der Waals surface area contributed by atoms with Crippen LogP contribution >= 0.6 is 7.82 Å². The van der Waals surface area contributed by atoms with Crippen LogP contribution in [0.2, 0.25) is 0 Å². The summed E-state index contributed by atoms with van der Waals surface area (Å²) < 4.78 is 27.9. The Kier molecular flexibility index (Phi) is 6.31. The van der Waals surface area contributed by atoms with E-state index < -0.39 is 14.1 Å². The van der Waals surface area contributed by atoms with Gasteiger partial charge in [-0.05, 0) is 18.1 Å². The smallest absolute Gasteiger partial charge is 0.282 e. The summed E-state index contributed by atoms with van der Waals surface area (Å²) in [6, 6.07) is 18.4. The highest BCUT2D eigenvalue weighted by atomic mass is 31.2. The van der Waals surface area contributed by atoms with Gasteiger partial charge in [-0.25, -0.2) is 9.67 Å². The molecule has 117 valence electrons. The van der Waals surface area contributed by atoms with E-state index in [4.69, 9.17) is 13.6 Å². The van der Waals surface area contributed by atoms with Crippen LogP contribution in [0.4, 0.5) is 0 Å². The molecule has 0 bridgehead atoms. The number of benzene rings is 2. The largest absolute Gasteiger partial charge is 0.477 e. The van der Waals surface area contributed by atoms with Gasteiger partial charge in [-0.3, -0.25) is 13.6 Å². The van der Waals surface area contributed by atoms with Crippen molar-refractivity contribution in [2.75, 3.05) is 0 Å². The lowest BCUT2D eigenvalue weighted by molar-refractivity contribution is -0.0805. The Hall–Kier alpha value is -1.49. The number of hydrogen-bond donors (Lipinski definition) is 0. The van der Waals surface area contributed by atoms with Crippen LogP contribution < -0.4 is 0 Å². The van der Waals surface area contributed by atoms with Crippen LogP contribution in [0.1, 0.15) is 18.1 Å². The quantitative estimate of drug-likeness (QED) is 0.536. The SMILES string of the molecule is CC([O])OP(=O)(OCc1ccccc1)OCc1ccccc1. The summed E-state index contributed by atoms with van der Waals surface area (Å²) in [5.74, 6) is 0. The van der Waals surface area contributed by atoms with Crippen LogP contribution in [0, 0.1) is 0 Å². The highest BCUT2D eigenvalue weighted by molar-refractivity contribution is 7.48. The molecule has 22 heavy (non-hydrogen) atoms. The molecule has 0 spiro atoms. The van der Waals surface area contributed by atoms with Gasteiger partial charge in [-0.2, -0.15) is 0 Å². The van der Waals surface area contributed by atoms with Gasteiger partial charge in [-0.15, -0.1) is 0 Å². The fourth-order valence-electron chi connectivity index (χ4n) is 1.74. The second kappa shape index (κ2) is 8.22. The van der Waals surface area contributed by atoms with Gasteiger partial charge in [0.1, 0.15) is 0 Å². The summed E-state index contributed by atoms with van der Waals surface area (Å²) in [6.45, 7) is 1.32. The van der Waals surface area contributed by atoms with Crippen molar-refractivity contribution in [2.45, 2.75) is 26.4 Å². The van der Waals surface area contributed by atoms with Crippen LogP contribution in [0.3, 0.4) is 0 Å². The Morgan fingerprint density at radius 3 is 1.64 bits per heavy atom. The third-order valence-electron chi connectivity index (χ3n) is 2.74. The molecule has 0 saturated heterocycles. The van der Waals surface area contributed by atoms with E-state index in [1.807, 2.05) is 60.7 Å². The van der Waals surface area contributed by atoms with Gasteiger partial charge in [0.2, 0.25) is 0 Å². The molecule has 0 amide bonds. The van der Waals surface area contributed by atoms with Gasteiger partial charge in [0.05, 0.1) is 13.2 Å². The third kappa shape index (κ3) is 5.72. The van der Waals surface area contributed by atoms with E-state index in [-0.39, 0.29) is 13.2 Å². The van der Waals surface area contributed by atoms with Crippen molar-refractivity contribution in [1.29, 1.82) is 0 Å². The molecule has 0 saturated carbocycles. The van der Waals surface area contributed by atoms with Gasteiger partial charge in [-0.1, -0.05) is 60.7 Å². The van der Waals surface area contributed by atoms with Crippen molar-refractivity contribution in [2.24, 2.45) is 0 Å². The van der Waals surface area contributed by atoms with Crippen LogP contribution in [-0.2, 0) is 36.5 Å². The first-order chi connectivity index (χ1) is 10.6. The number of rotatable bonds is 8. The molecule has 1 unspecified atom stereocenters. The van der Waals surface area contributed by atoms with Crippen molar-refractivity contribution in [3.8, 4) is 0 Å². The summed E-state index contributed by atoms with van der Waals surface area (Å²) in [4.78, 5) is 0. The summed E-state index contributed by atoms with van der Waals surface area (Å²) >= 11 is 0. The number of phosphoric ester groups is 1. The fourth-order valence-corrected chi connectivity index (χ4v) is 2.91. The van der Waals surface area contributed by atoms with E-state index in [1.54, 1.807) is 0 Å². The fraction of sp³-hybridized carbons (Fsp3) is 0.250. The molecular formula is C16H18O5P. The zero-order valence-corrected chi connectivity index (χ0v) is 13.1. The molecule has 0 aromatic heterocycles. The Balaban J connectivity index is 1.98. The van der Waals surface area contributed by atoms with Gasteiger partial charge in [0.25, 0.3) is 0 Å². The maximum atomic E-state index is 12.5. The average molecular weight is 321 g/mol. The topological polar surface area (TPSA) is 64.7 Å². The highest BCUT2D eigenvalue weighted by Crippen LogP contribution is 2.51. The van der Waals surface area contributed by atoms with E-state index in [9.17, 15) is 9.67 Å². The zero-order valence-electron chi connectivity index (χ0n) is 12.3. The second-order valence-electron chi connectivity index (χ2n) is 4.64. The lowest BCUT2D eigenvalue weighted by Crippen LogP contribution is -2.07. The first-order valence-electron chi connectivity index (χ1n) is 6.88. The lowest BCUT2D eigenvalue weighted by Gasteiger charge is -2.18. The van der Waals surface area contributed by atoms with E-state index >= 15 is 0 Å². The minimum atomic E-state index is -3.92. The molecule has 2 aromatic rings. The second-order valence-corrected chi connectivity index (χ2v) is 6.26. The van der Waals surface area contributed by atoms with Gasteiger partial charge >= 0.3 is 7.82 Å². The van der Waals surface area contributed by atoms with E-state index in [2.05, 4.69) is 0 Å². The molecule has 0 heterocycles.